The number of nitriles is 1. The molecule has 30 heavy (non-hydrogen) atoms. The number of hydrogen-bond acceptors (Lipinski definition) is 5. The molecule has 1 atom stereocenters. The fourth-order valence-electron chi connectivity index (χ4n) is 4.78. The number of carbonyl (C=O) groups is 1. The average molecular weight is 431 g/mol. The van der Waals surface area contributed by atoms with Crippen molar-refractivity contribution < 1.29 is 9.53 Å². The van der Waals surface area contributed by atoms with E-state index in [1.165, 1.54) is 0 Å². The molecule has 4 rings (SSSR count). The Kier molecular flexibility index (Phi) is 5.71. The predicted octanol–water partition coefficient (Wildman–Crippen LogP) is 3.59. The molecule has 0 radical (unpaired) electrons. The summed E-state index contributed by atoms with van der Waals surface area (Å²) in [7, 11) is 0. The highest BCUT2D eigenvalue weighted by molar-refractivity contribution is 6.27. The summed E-state index contributed by atoms with van der Waals surface area (Å²) in [4.78, 5) is 21.5. The Morgan fingerprint density at radius 1 is 1.33 bits per heavy atom. The van der Waals surface area contributed by atoms with Crippen LogP contribution >= 0.6 is 11.6 Å². The lowest BCUT2D eigenvalue weighted by Crippen LogP contribution is -2.58. The minimum Gasteiger partial charge on any atom is -0.370 e. The van der Waals surface area contributed by atoms with Crippen molar-refractivity contribution in [2.24, 2.45) is 5.92 Å². The van der Waals surface area contributed by atoms with Crippen molar-refractivity contribution in [2.45, 2.75) is 71.1 Å². The van der Waals surface area contributed by atoms with Crippen LogP contribution in [0.4, 0.5) is 5.82 Å². The van der Waals surface area contributed by atoms with E-state index in [0.29, 0.717) is 43.6 Å². The molecule has 3 heterocycles. The van der Waals surface area contributed by atoms with Gasteiger partial charge in [-0.1, -0.05) is 13.8 Å². The fraction of sp³-hybridized carbons (Fsp3) is 0.696. The van der Waals surface area contributed by atoms with Crippen molar-refractivity contribution >= 4 is 23.3 Å². The van der Waals surface area contributed by atoms with Crippen LogP contribution < -0.4 is 4.90 Å². The van der Waals surface area contributed by atoms with Crippen molar-refractivity contribution in [3.8, 4) is 6.07 Å². The third kappa shape index (κ3) is 3.90. The smallest absolute Gasteiger partial charge is 0.237 e. The van der Waals surface area contributed by atoms with Gasteiger partial charge in [-0.15, -0.1) is 11.6 Å². The van der Waals surface area contributed by atoms with Crippen LogP contribution in [0.3, 0.4) is 0 Å². The van der Waals surface area contributed by atoms with Gasteiger partial charge in [0, 0.05) is 37.5 Å². The van der Waals surface area contributed by atoms with Crippen LogP contribution in [0.25, 0.3) is 0 Å². The fourth-order valence-corrected chi connectivity index (χ4v) is 4.93. The number of nitrogens with zero attached hydrogens (tertiary/aromatic N) is 4. The van der Waals surface area contributed by atoms with E-state index in [1.807, 2.05) is 4.90 Å². The number of hydrogen-bond donors (Lipinski definition) is 0. The molecule has 1 aromatic rings. The molecule has 1 aromatic heterocycles. The highest BCUT2D eigenvalue weighted by Gasteiger charge is 2.39. The predicted molar refractivity (Wildman–Crippen MR) is 117 cm³/mol. The monoisotopic (exact) mass is 430 g/mol. The van der Waals surface area contributed by atoms with Crippen molar-refractivity contribution in [3.63, 3.8) is 0 Å². The van der Waals surface area contributed by atoms with Gasteiger partial charge in [-0.25, -0.2) is 4.98 Å². The number of rotatable bonds is 4. The van der Waals surface area contributed by atoms with Crippen LogP contribution in [0.15, 0.2) is 0 Å². The molecule has 1 saturated carbocycles. The van der Waals surface area contributed by atoms with Gasteiger partial charge in [0.05, 0.1) is 29.5 Å². The lowest BCUT2D eigenvalue weighted by Gasteiger charge is -2.44. The summed E-state index contributed by atoms with van der Waals surface area (Å²) in [5.41, 5.74) is 3.76. The second-order valence-corrected chi connectivity index (χ2v) is 10.0. The van der Waals surface area contributed by atoms with Gasteiger partial charge in [0.25, 0.3) is 0 Å². The van der Waals surface area contributed by atoms with Crippen LogP contribution in [0.1, 0.15) is 68.8 Å². The molecular formula is C23H31ClN4O2. The third-order valence-electron chi connectivity index (χ3n) is 6.63. The Morgan fingerprint density at radius 2 is 2.07 bits per heavy atom. The van der Waals surface area contributed by atoms with Crippen LogP contribution in [0.5, 0.6) is 0 Å². The molecule has 0 spiro atoms. The SMILES string of the molecule is CC(C)C1CN(c2nc(C3CC3)c3c(c2C#N)CC(C)(C)OC3)CCN1C(=O)CCl. The Balaban J connectivity index is 1.75. The van der Waals surface area contributed by atoms with Gasteiger partial charge in [0.1, 0.15) is 17.8 Å². The zero-order chi connectivity index (χ0) is 21.6. The first kappa shape index (κ1) is 21.4. The summed E-state index contributed by atoms with van der Waals surface area (Å²) in [6.07, 6.45) is 3.03. The minimum atomic E-state index is -0.288. The van der Waals surface area contributed by atoms with E-state index in [1.54, 1.807) is 0 Å². The lowest BCUT2D eigenvalue weighted by molar-refractivity contribution is -0.132. The molecule has 3 aliphatic rings. The zero-order valence-electron chi connectivity index (χ0n) is 18.4. The quantitative estimate of drug-likeness (QED) is 0.682. The number of carbonyl (C=O) groups excluding carboxylic acids is 1. The molecule has 1 aliphatic carbocycles. The summed E-state index contributed by atoms with van der Waals surface area (Å²) < 4.78 is 6.08. The van der Waals surface area contributed by atoms with Crippen molar-refractivity contribution in [2.75, 3.05) is 30.4 Å². The lowest BCUT2D eigenvalue weighted by atomic mass is 9.87. The maximum absolute atomic E-state index is 12.4. The standard InChI is InChI=1S/C23H31ClN4O2/c1-14(2)19-12-27(7-8-28(19)20(29)10-24)22-17(11-25)16-9-23(3,4)30-13-18(16)21(26-22)15-5-6-15/h14-15,19H,5-10,12-13H2,1-4H3. The molecule has 0 bridgehead atoms. The van der Waals surface area contributed by atoms with Gasteiger partial charge >= 0.3 is 0 Å². The first-order valence-electron chi connectivity index (χ1n) is 11.0. The van der Waals surface area contributed by atoms with Crippen LogP contribution in [0.2, 0.25) is 0 Å². The Hall–Kier alpha value is -1.84. The number of alkyl halides is 1. The number of amides is 1. The summed E-state index contributed by atoms with van der Waals surface area (Å²) in [5.74, 6) is 1.55. The molecule has 0 aromatic carbocycles. The second-order valence-electron chi connectivity index (χ2n) is 9.74. The van der Waals surface area contributed by atoms with Gasteiger partial charge in [-0.05, 0) is 38.2 Å². The summed E-state index contributed by atoms with van der Waals surface area (Å²) >= 11 is 5.85. The Bertz CT molecular complexity index is 888. The molecular weight excluding hydrogens is 400 g/mol. The van der Waals surface area contributed by atoms with E-state index in [-0.39, 0.29) is 23.4 Å². The summed E-state index contributed by atoms with van der Waals surface area (Å²) in [5, 5.41) is 10.1. The van der Waals surface area contributed by atoms with Gasteiger partial charge in [0.2, 0.25) is 5.91 Å². The van der Waals surface area contributed by atoms with Gasteiger partial charge in [-0.2, -0.15) is 5.26 Å². The molecule has 2 fully saturated rings. The molecule has 0 N–H and O–H groups in total. The molecule has 2 aliphatic heterocycles. The number of aromatic nitrogens is 1. The van der Waals surface area contributed by atoms with Crippen LogP contribution in [-0.4, -0.2) is 52.9 Å². The molecule has 162 valence electrons. The molecule has 1 amide bonds. The van der Waals surface area contributed by atoms with Crippen LogP contribution in [0, 0.1) is 17.2 Å². The van der Waals surface area contributed by atoms with Crippen LogP contribution in [-0.2, 0) is 22.6 Å². The normalized spacial score (nSPS) is 23.3. The number of anilines is 1. The van der Waals surface area contributed by atoms with E-state index in [0.717, 1.165) is 41.9 Å². The Labute approximate surface area is 184 Å². The highest BCUT2D eigenvalue weighted by Crippen LogP contribution is 2.45. The van der Waals surface area contributed by atoms with Crippen molar-refractivity contribution in [1.29, 1.82) is 5.26 Å². The van der Waals surface area contributed by atoms with Gasteiger partial charge < -0.3 is 14.5 Å². The summed E-state index contributed by atoms with van der Waals surface area (Å²) in [6, 6.07) is 2.53. The number of pyridine rings is 1. The van der Waals surface area contributed by atoms with Gasteiger partial charge in [0.15, 0.2) is 0 Å². The van der Waals surface area contributed by atoms with Gasteiger partial charge in [-0.3, -0.25) is 4.79 Å². The third-order valence-corrected chi connectivity index (χ3v) is 6.86. The molecule has 1 unspecified atom stereocenters. The molecule has 6 nitrogen and oxygen atoms in total. The largest absolute Gasteiger partial charge is 0.370 e. The highest BCUT2D eigenvalue weighted by atomic mass is 35.5. The second kappa shape index (κ2) is 8.01. The summed E-state index contributed by atoms with van der Waals surface area (Å²) in [6.45, 7) is 10.9. The van der Waals surface area contributed by atoms with Crippen molar-refractivity contribution in [1.82, 2.24) is 9.88 Å². The first-order valence-corrected chi connectivity index (χ1v) is 11.5. The van der Waals surface area contributed by atoms with E-state index >= 15 is 0 Å². The number of fused-ring (bicyclic) bond motifs is 1. The van der Waals surface area contributed by atoms with Crippen molar-refractivity contribution in [3.05, 3.63) is 22.4 Å². The van der Waals surface area contributed by atoms with E-state index in [4.69, 9.17) is 21.3 Å². The first-order chi connectivity index (χ1) is 14.3. The number of ether oxygens (including phenoxy) is 1. The van der Waals surface area contributed by atoms with E-state index < -0.39 is 0 Å². The van der Waals surface area contributed by atoms with E-state index in [9.17, 15) is 10.1 Å². The van der Waals surface area contributed by atoms with E-state index in [2.05, 4.69) is 38.7 Å². The number of halogens is 1. The minimum absolute atomic E-state index is 0.00463. The average Bonchev–Trinajstić information content (AvgIpc) is 3.56. The maximum Gasteiger partial charge on any atom is 0.237 e. The Morgan fingerprint density at radius 3 is 2.67 bits per heavy atom. The maximum atomic E-state index is 12.4. The zero-order valence-corrected chi connectivity index (χ0v) is 19.1. The molecule has 1 saturated heterocycles. The topological polar surface area (TPSA) is 69.5 Å². The number of piperazine rings is 1. The molecule has 7 heteroatoms.